The second kappa shape index (κ2) is 6.76. The molecule has 1 unspecified atom stereocenters. The highest BCUT2D eigenvalue weighted by Gasteiger charge is 2.26. The van der Waals surface area contributed by atoms with E-state index in [-0.39, 0.29) is 0 Å². The van der Waals surface area contributed by atoms with Crippen LogP contribution < -0.4 is 5.32 Å². The Morgan fingerprint density at radius 2 is 2.00 bits per heavy atom. The average molecular weight is 299 g/mol. The van der Waals surface area contributed by atoms with Gasteiger partial charge < -0.3 is 5.32 Å². The minimum atomic E-state index is 0.355. The fourth-order valence-electron chi connectivity index (χ4n) is 3.21. The largest absolute Gasteiger partial charge is 0.306 e. The van der Waals surface area contributed by atoms with Crippen LogP contribution in [-0.2, 0) is 0 Å². The van der Waals surface area contributed by atoms with Crippen molar-refractivity contribution in [2.45, 2.75) is 51.5 Å². The maximum absolute atomic E-state index is 3.78. The molecule has 1 aliphatic rings. The van der Waals surface area contributed by atoms with Gasteiger partial charge in [-0.15, -0.1) is 0 Å². The Morgan fingerprint density at radius 3 is 2.62 bits per heavy atom. The maximum Gasteiger partial charge on any atom is 0.0590 e. The Morgan fingerprint density at radius 1 is 1.19 bits per heavy atom. The minimum Gasteiger partial charge on any atom is -0.306 e. The van der Waals surface area contributed by atoms with Crippen molar-refractivity contribution in [3.05, 3.63) is 57.3 Å². The van der Waals surface area contributed by atoms with E-state index in [0.717, 1.165) is 12.5 Å². The first-order valence-electron chi connectivity index (χ1n) is 8.16. The van der Waals surface area contributed by atoms with Gasteiger partial charge in [0.1, 0.15) is 0 Å². The summed E-state index contributed by atoms with van der Waals surface area (Å²) in [5.41, 5.74) is 5.94. The summed E-state index contributed by atoms with van der Waals surface area (Å²) < 4.78 is 0. The molecule has 1 atom stereocenters. The van der Waals surface area contributed by atoms with Crippen molar-refractivity contribution >= 4 is 11.3 Å². The van der Waals surface area contributed by atoms with E-state index in [4.69, 9.17) is 0 Å². The molecule has 2 heteroatoms. The molecule has 2 aromatic rings. The molecule has 1 aromatic heterocycles. The van der Waals surface area contributed by atoms with Gasteiger partial charge in [0, 0.05) is 0 Å². The van der Waals surface area contributed by atoms with Crippen molar-refractivity contribution in [3.8, 4) is 0 Å². The molecule has 0 saturated heterocycles. The maximum atomic E-state index is 3.78. The van der Waals surface area contributed by atoms with Crippen LogP contribution in [0.1, 0.15) is 66.8 Å². The van der Waals surface area contributed by atoms with Gasteiger partial charge in [0.25, 0.3) is 0 Å². The third-order valence-electron chi connectivity index (χ3n) is 4.66. The van der Waals surface area contributed by atoms with Gasteiger partial charge in [-0.1, -0.05) is 37.6 Å². The van der Waals surface area contributed by atoms with E-state index in [1.807, 2.05) is 11.3 Å². The summed E-state index contributed by atoms with van der Waals surface area (Å²) >= 11 is 1.82. The first kappa shape index (κ1) is 14.8. The van der Waals surface area contributed by atoms with Crippen molar-refractivity contribution in [2.75, 3.05) is 6.54 Å². The highest BCUT2D eigenvalue weighted by atomic mass is 32.1. The van der Waals surface area contributed by atoms with Crippen LogP contribution in [0.5, 0.6) is 0 Å². The molecule has 0 amide bonds. The van der Waals surface area contributed by atoms with Crippen molar-refractivity contribution in [1.82, 2.24) is 5.32 Å². The zero-order valence-electron chi connectivity index (χ0n) is 13.1. The third-order valence-corrected chi connectivity index (χ3v) is 5.54. The van der Waals surface area contributed by atoms with Crippen molar-refractivity contribution in [2.24, 2.45) is 0 Å². The zero-order chi connectivity index (χ0) is 14.7. The van der Waals surface area contributed by atoms with Gasteiger partial charge in [-0.25, -0.2) is 0 Å². The number of benzene rings is 1. The van der Waals surface area contributed by atoms with Crippen LogP contribution in [0.3, 0.4) is 0 Å². The Bertz CT molecular complexity index is 583. The Balaban J connectivity index is 1.98. The molecule has 3 rings (SSSR count). The topological polar surface area (TPSA) is 12.0 Å². The number of thiophene rings is 1. The first-order chi connectivity index (χ1) is 10.3. The Hall–Kier alpha value is -1.12. The van der Waals surface area contributed by atoms with Gasteiger partial charge >= 0.3 is 0 Å². The van der Waals surface area contributed by atoms with Crippen molar-refractivity contribution < 1.29 is 0 Å². The standard InChI is InChI=1S/C19H25NS/c1-3-11-20-19(18-13-21-12-14(18)2)17-10-5-4-9-16(17)15-7-6-8-15/h4-5,9-10,12-13,15,19-20H,3,6-8,11H2,1-2H3. The number of hydrogen-bond acceptors (Lipinski definition) is 2. The van der Waals surface area contributed by atoms with E-state index in [0.29, 0.717) is 6.04 Å². The normalized spacial score (nSPS) is 16.7. The van der Waals surface area contributed by atoms with E-state index in [1.165, 1.54) is 42.4 Å². The summed E-state index contributed by atoms with van der Waals surface area (Å²) in [4.78, 5) is 0. The fourth-order valence-corrected chi connectivity index (χ4v) is 4.08. The molecule has 1 aliphatic carbocycles. The molecule has 1 saturated carbocycles. The van der Waals surface area contributed by atoms with Gasteiger partial charge in [0.15, 0.2) is 0 Å². The lowest BCUT2D eigenvalue weighted by molar-refractivity contribution is 0.414. The summed E-state index contributed by atoms with van der Waals surface area (Å²) in [6.07, 6.45) is 5.29. The summed E-state index contributed by atoms with van der Waals surface area (Å²) in [5, 5.41) is 8.36. The molecule has 21 heavy (non-hydrogen) atoms. The van der Waals surface area contributed by atoms with Gasteiger partial charge in [-0.05, 0) is 71.7 Å². The van der Waals surface area contributed by atoms with Gasteiger partial charge in [0.2, 0.25) is 0 Å². The molecule has 1 aromatic carbocycles. The van der Waals surface area contributed by atoms with Crippen LogP contribution in [0.4, 0.5) is 0 Å². The third kappa shape index (κ3) is 3.07. The molecule has 0 aliphatic heterocycles. The number of rotatable bonds is 6. The predicted octanol–water partition coefficient (Wildman–Crippen LogP) is 5.41. The molecule has 0 radical (unpaired) electrons. The van der Waals surface area contributed by atoms with Crippen LogP contribution in [0, 0.1) is 6.92 Å². The van der Waals surface area contributed by atoms with E-state index in [1.54, 1.807) is 5.56 Å². The lowest BCUT2D eigenvalue weighted by atomic mass is 9.76. The van der Waals surface area contributed by atoms with E-state index in [2.05, 4.69) is 54.2 Å². The lowest BCUT2D eigenvalue weighted by Gasteiger charge is -2.31. The number of aryl methyl sites for hydroxylation is 1. The predicted molar refractivity (Wildman–Crippen MR) is 92.2 cm³/mol. The Kier molecular flexibility index (Phi) is 4.77. The van der Waals surface area contributed by atoms with Gasteiger partial charge in [-0.3, -0.25) is 0 Å². The molecule has 1 N–H and O–H groups in total. The molecule has 1 heterocycles. The number of nitrogens with one attached hydrogen (secondary N) is 1. The molecular formula is C19H25NS. The highest BCUT2D eigenvalue weighted by molar-refractivity contribution is 7.08. The van der Waals surface area contributed by atoms with Crippen LogP contribution in [0.15, 0.2) is 35.0 Å². The van der Waals surface area contributed by atoms with E-state index in [9.17, 15) is 0 Å². The molecule has 1 fully saturated rings. The quantitative estimate of drug-likeness (QED) is 0.751. The zero-order valence-corrected chi connectivity index (χ0v) is 13.9. The molecule has 1 nitrogen and oxygen atoms in total. The van der Waals surface area contributed by atoms with Crippen LogP contribution in [-0.4, -0.2) is 6.54 Å². The minimum absolute atomic E-state index is 0.355. The smallest absolute Gasteiger partial charge is 0.0590 e. The Labute approximate surface area is 132 Å². The lowest BCUT2D eigenvalue weighted by Crippen LogP contribution is -2.25. The van der Waals surface area contributed by atoms with Crippen LogP contribution in [0.25, 0.3) is 0 Å². The van der Waals surface area contributed by atoms with Crippen LogP contribution in [0.2, 0.25) is 0 Å². The second-order valence-corrected chi connectivity index (χ2v) is 6.90. The van der Waals surface area contributed by atoms with Gasteiger partial charge in [-0.2, -0.15) is 11.3 Å². The monoisotopic (exact) mass is 299 g/mol. The molecular weight excluding hydrogens is 274 g/mol. The fraction of sp³-hybridized carbons (Fsp3) is 0.474. The summed E-state index contributed by atoms with van der Waals surface area (Å²) in [7, 11) is 0. The van der Waals surface area contributed by atoms with Crippen molar-refractivity contribution in [1.29, 1.82) is 0 Å². The molecule has 0 spiro atoms. The SMILES string of the molecule is CCCNC(c1cscc1C)c1ccccc1C1CCC1. The summed E-state index contributed by atoms with van der Waals surface area (Å²) in [6, 6.07) is 9.43. The van der Waals surface area contributed by atoms with Gasteiger partial charge in [0.05, 0.1) is 6.04 Å². The molecule has 0 bridgehead atoms. The van der Waals surface area contributed by atoms with Crippen molar-refractivity contribution in [3.63, 3.8) is 0 Å². The average Bonchev–Trinajstić information content (AvgIpc) is 2.85. The summed E-state index contributed by atoms with van der Waals surface area (Å²) in [5.74, 6) is 0.783. The highest BCUT2D eigenvalue weighted by Crippen LogP contribution is 2.41. The first-order valence-corrected chi connectivity index (χ1v) is 9.10. The van der Waals surface area contributed by atoms with E-state index >= 15 is 0 Å². The number of hydrogen-bond donors (Lipinski definition) is 1. The van der Waals surface area contributed by atoms with E-state index < -0.39 is 0 Å². The van der Waals surface area contributed by atoms with Crippen LogP contribution >= 0.6 is 11.3 Å². The molecule has 112 valence electrons. The summed E-state index contributed by atoms with van der Waals surface area (Å²) in [6.45, 7) is 5.54. The second-order valence-electron chi connectivity index (χ2n) is 6.15.